The Morgan fingerprint density at radius 1 is 1.40 bits per heavy atom. The Labute approximate surface area is 124 Å². The highest BCUT2D eigenvalue weighted by Crippen LogP contribution is 2.36. The number of aromatic nitrogens is 1. The van der Waals surface area contributed by atoms with Crippen molar-refractivity contribution in [2.75, 3.05) is 33.4 Å². The number of nitrogens with two attached hydrogens (primary N) is 1. The molecule has 0 radical (unpaired) electrons. The van der Waals surface area contributed by atoms with Crippen molar-refractivity contribution in [2.45, 2.75) is 24.8 Å². The van der Waals surface area contributed by atoms with Gasteiger partial charge in [0.25, 0.3) is 5.91 Å². The van der Waals surface area contributed by atoms with Crippen LogP contribution in [-0.4, -0.2) is 53.9 Å². The standard InChI is InChI=1S/C14H21ClN4O/c1-18(2)14(7-4-8-14)9-19(3)13(20)12-10(15)5-6-11(16)17-12/h5-6H,4,7-9H2,1-3H3,(H2,16,17). The van der Waals surface area contributed by atoms with Crippen molar-refractivity contribution in [1.82, 2.24) is 14.8 Å². The highest BCUT2D eigenvalue weighted by atomic mass is 35.5. The average molecular weight is 297 g/mol. The van der Waals surface area contributed by atoms with E-state index < -0.39 is 0 Å². The highest BCUT2D eigenvalue weighted by molar-refractivity contribution is 6.33. The summed E-state index contributed by atoms with van der Waals surface area (Å²) >= 11 is 6.04. The predicted molar refractivity (Wildman–Crippen MR) is 80.9 cm³/mol. The van der Waals surface area contributed by atoms with Crippen molar-refractivity contribution >= 4 is 23.3 Å². The zero-order chi connectivity index (χ0) is 14.9. The van der Waals surface area contributed by atoms with Gasteiger partial charge in [-0.1, -0.05) is 11.6 Å². The molecule has 1 aromatic rings. The second-order valence-corrected chi connectivity index (χ2v) is 6.11. The quantitative estimate of drug-likeness (QED) is 0.921. The molecule has 0 unspecified atom stereocenters. The highest BCUT2D eigenvalue weighted by Gasteiger charge is 2.41. The molecular weight excluding hydrogens is 276 g/mol. The minimum atomic E-state index is -0.185. The van der Waals surface area contributed by atoms with Gasteiger partial charge in [0, 0.05) is 19.1 Å². The molecule has 0 aromatic carbocycles. The third-order valence-corrected chi connectivity index (χ3v) is 4.49. The van der Waals surface area contributed by atoms with E-state index in [1.165, 1.54) is 6.42 Å². The first-order valence-electron chi connectivity index (χ1n) is 6.71. The van der Waals surface area contributed by atoms with Crippen LogP contribution in [-0.2, 0) is 0 Å². The molecule has 1 aliphatic rings. The molecule has 0 spiro atoms. The van der Waals surface area contributed by atoms with Crippen LogP contribution in [0.4, 0.5) is 5.82 Å². The third-order valence-electron chi connectivity index (χ3n) is 4.18. The van der Waals surface area contributed by atoms with Crippen molar-refractivity contribution < 1.29 is 4.79 Å². The van der Waals surface area contributed by atoms with Gasteiger partial charge in [0.05, 0.1) is 5.02 Å². The Hall–Kier alpha value is -1.33. The van der Waals surface area contributed by atoms with E-state index in [1.54, 1.807) is 24.1 Å². The average Bonchev–Trinajstić information content (AvgIpc) is 2.35. The first kappa shape index (κ1) is 15.1. The number of hydrogen-bond donors (Lipinski definition) is 1. The summed E-state index contributed by atoms with van der Waals surface area (Å²) in [5, 5.41) is 0.337. The maximum Gasteiger partial charge on any atom is 0.273 e. The molecule has 1 saturated carbocycles. The van der Waals surface area contributed by atoms with Crippen LogP contribution >= 0.6 is 11.6 Å². The molecule has 0 bridgehead atoms. The third kappa shape index (κ3) is 2.74. The fourth-order valence-corrected chi connectivity index (χ4v) is 2.82. The molecular formula is C14H21ClN4O. The number of anilines is 1. The lowest BCUT2D eigenvalue weighted by Crippen LogP contribution is -2.57. The summed E-state index contributed by atoms with van der Waals surface area (Å²) in [5.74, 6) is 0.118. The summed E-state index contributed by atoms with van der Waals surface area (Å²) < 4.78 is 0. The molecule has 1 aromatic heterocycles. The van der Waals surface area contributed by atoms with Crippen molar-refractivity contribution in [3.8, 4) is 0 Å². The van der Waals surface area contributed by atoms with Crippen LogP contribution in [0.5, 0.6) is 0 Å². The van der Waals surface area contributed by atoms with Crippen molar-refractivity contribution in [1.29, 1.82) is 0 Å². The van der Waals surface area contributed by atoms with Gasteiger partial charge in [-0.3, -0.25) is 4.79 Å². The molecule has 2 rings (SSSR count). The Kier molecular flexibility index (Phi) is 4.20. The van der Waals surface area contributed by atoms with E-state index in [4.69, 9.17) is 17.3 Å². The minimum absolute atomic E-state index is 0.0806. The second kappa shape index (κ2) is 5.58. The van der Waals surface area contributed by atoms with E-state index in [1.807, 2.05) is 0 Å². The Morgan fingerprint density at radius 2 is 2.05 bits per heavy atom. The van der Waals surface area contributed by atoms with Crippen LogP contribution in [0.2, 0.25) is 5.02 Å². The number of amides is 1. The summed E-state index contributed by atoms with van der Waals surface area (Å²) in [6.07, 6.45) is 3.42. The number of carbonyl (C=O) groups excluding carboxylic acids is 1. The van der Waals surface area contributed by atoms with Crippen LogP contribution in [0.1, 0.15) is 29.8 Å². The van der Waals surface area contributed by atoms with Gasteiger partial charge < -0.3 is 15.5 Å². The van der Waals surface area contributed by atoms with Gasteiger partial charge in [-0.25, -0.2) is 4.98 Å². The molecule has 110 valence electrons. The Balaban J connectivity index is 2.14. The maximum absolute atomic E-state index is 12.5. The molecule has 6 heteroatoms. The van der Waals surface area contributed by atoms with E-state index >= 15 is 0 Å². The number of nitrogen functional groups attached to an aromatic ring is 1. The monoisotopic (exact) mass is 296 g/mol. The molecule has 0 saturated heterocycles. The first-order valence-corrected chi connectivity index (χ1v) is 7.08. The smallest absolute Gasteiger partial charge is 0.273 e. The molecule has 1 fully saturated rings. The van der Waals surface area contributed by atoms with Crippen molar-refractivity contribution in [3.63, 3.8) is 0 Å². The van der Waals surface area contributed by atoms with Crippen LogP contribution < -0.4 is 5.73 Å². The molecule has 1 heterocycles. The van der Waals surface area contributed by atoms with Gasteiger partial charge in [-0.2, -0.15) is 0 Å². The van der Waals surface area contributed by atoms with Crippen molar-refractivity contribution in [2.24, 2.45) is 0 Å². The number of carbonyl (C=O) groups is 1. The molecule has 20 heavy (non-hydrogen) atoms. The molecule has 0 aliphatic heterocycles. The van der Waals surface area contributed by atoms with Crippen LogP contribution in [0.15, 0.2) is 12.1 Å². The number of nitrogens with zero attached hydrogens (tertiary/aromatic N) is 3. The van der Waals surface area contributed by atoms with Gasteiger partial charge in [-0.15, -0.1) is 0 Å². The summed E-state index contributed by atoms with van der Waals surface area (Å²) in [6, 6.07) is 3.20. The van der Waals surface area contributed by atoms with Crippen LogP contribution in [0.25, 0.3) is 0 Å². The number of likely N-dealkylation sites (N-methyl/N-ethyl adjacent to an activating group) is 2. The molecule has 0 atom stereocenters. The summed E-state index contributed by atoms with van der Waals surface area (Å²) in [7, 11) is 5.90. The van der Waals surface area contributed by atoms with E-state index in [2.05, 4.69) is 24.0 Å². The van der Waals surface area contributed by atoms with Gasteiger partial charge in [0.1, 0.15) is 11.5 Å². The lowest BCUT2D eigenvalue weighted by Gasteiger charge is -2.49. The Bertz CT molecular complexity index is 514. The minimum Gasteiger partial charge on any atom is -0.384 e. The van der Waals surface area contributed by atoms with E-state index in [0.29, 0.717) is 17.4 Å². The maximum atomic E-state index is 12.5. The summed E-state index contributed by atoms with van der Waals surface area (Å²) in [5.41, 5.74) is 5.93. The lowest BCUT2D eigenvalue weighted by atomic mass is 9.75. The Morgan fingerprint density at radius 3 is 2.55 bits per heavy atom. The van der Waals surface area contributed by atoms with E-state index in [0.717, 1.165) is 12.8 Å². The zero-order valence-electron chi connectivity index (χ0n) is 12.2. The lowest BCUT2D eigenvalue weighted by molar-refractivity contribution is 0.0250. The predicted octanol–water partition coefficient (Wildman–Crippen LogP) is 1.87. The molecule has 1 amide bonds. The second-order valence-electron chi connectivity index (χ2n) is 5.70. The van der Waals surface area contributed by atoms with Gasteiger partial charge >= 0.3 is 0 Å². The number of rotatable bonds is 4. The fraction of sp³-hybridized carbons (Fsp3) is 0.571. The van der Waals surface area contributed by atoms with Gasteiger partial charge in [-0.05, 0) is 45.5 Å². The fourth-order valence-electron chi connectivity index (χ4n) is 2.63. The van der Waals surface area contributed by atoms with Crippen LogP contribution in [0.3, 0.4) is 0 Å². The molecule has 1 aliphatic carbocycles. The first-order chi connectivity index (χ1) is 9.35. The number of pyridine rings is 1. The van der Waals surface area contributed by atoms with E-state index in [9.17, 15) is 4.79 Å². The number of halogens is 1. The summed E-state index contributed by atoms with van der Waals surface area (Å²) in [4.78, 5) is 20.4. The zero-order valence-corrected chi connectivity index (χ0v) is 12.9. The van der Waals surface area contributed by atoms with Crippen molar-refractivity contribution in [3.05, 3.63) is 22.8 Å². The van der Waals surface area contributed by atoms with Crippen LogP contribution in [0, 0.1) is 0 Å². The van der Waals surface area contributed by atoms with Gasteiger partial charge in [0.2, 0.25) is 0 Å². The SMILES string of the molecule is CN(CC1(N(C)C)CCC1)C(=O)c1nc(N)ccc1Cl. The molecule has 2 N–H and O–H groups in total. The summed E-state index contributed by atoms with van der Waals surface area (Å²) in [6.45, 7) is 0.672. The largest absolute Gasteiger partial charge is 0.384 e. The normalized spacial score (nSPS) is 16.9. The topological polar surface area (TPSA) is 62.5 Å². The van der Waals surface area contributed by atoms with E-state index in [-0.39, 0.29) is 17.1 Å². The number of hydrogen-bond acceptors (Lipinski definition) is 4. The van der Waals surface area contributed by atoms with Gasteiger partial charge in [0.15, 0.2) is 0 Å². The molecule has 5 nitrogen and oxygen atoms in total.